The van der Waals surface area contributed by atoms with Gasteiger partial charge in [-0.15, -0.1) is 0 Å². The molecule has 2 aromatic rings. The van der Waals surface area contributed by atoms with Crippen LogP contribution in [0.4, 0.5) is 5.95 Å². The first-order valence-corrected chi connectivity index (χ1v) is 7.23. The fourth-order valence-corrected chi connectivity index (χ4v) is 3.54. The van der Waals surface area contributed by atoms with Crippen molar-refractivity contribution in [3.05, 3.63) is 18.2 Å². The molecule has 2 saturated heterocycles. The Kier molecular flexibility index (Phi) is 2.67. The standard InChI is InChI=1S/C15H17N5O/c1-21-11-2-3-12-13(6-11)18-15(17-12)20-5-4-10-7-19(9-16)8-14(10)20/h2-3,6,10,14H,4-5,7-8H2,1H3,(H,17,18). The van der Waals surface area contributed by atoms with Gasteiger partial charge >= 0.3 is 0 Å². The number of H-pyrrole nitrogens is 1. The number of ether oxygens (including phenoxy) is 1. The van der Waals surface area contributed by atoms with Crippen molar-refractivity contribution in [3.8, 4) is 11.9 Å². The van der Waals surface area contributed by atoms with Gasteiger partial charge < -0.3 is 19.5 Å². The normalized spacial score (nSPS) is 24.4. The lowest BCUT2D eigenvalue weighted by Crippen LogP contribution is -2.35. The van der Waals surface area contributed by atoms with Gasteiger partial charge in [-0.2, -0.15) is 5.26 Å². The van der Waals surface area contributed by atoms with Crippen LogP contribution in [0.5, 0.6) is 5.75 Å². The molecule has 2 atom stereocenters. The Morgan fingerprint density at radius 1 is 1.43 bits per heavy atom. The Labute approximate surface area is 122 Å². The highest BCUT2D eigenvalue weighted by atomic mass is 16.5. The summed E-state index contributed by atoms with van der Waals surface area (Å²) >= 11 is 0. The summed E-state index contributed by atoms with van der Waals surface area (Å²) < 4.78 is 5.25. The third-order valence-corrected chi connectivity index (χ3v) is 4.64. The number of anilines is 1. The Hall–Kier alpha value is -2.42. The molecule has 6 heteroatoms. The van der Waals surface area contributed by atoms with Crippen LogP contribution in [0.25, 0.3) is 11.0 Å². The molecule has 0 saturated carbocycles. The van der Waals surface area contributed by atoms with Gasteiger partial charge in [-0.25, -0.2) is 4.98 Å². The van der Waals surface area contributed by atoms with E-state index >= 15 is 0 Å². The zero-order chi connectivity index (χ0) is 14.4. The maximum Gasteiger partial charge on any atom is 0.204 e. The predicted octanol–water partition coefficient (Wildman–Crippen LogP) is 1.56. The zero-order valence-corrected chi connectivity index (χ0v) is 11.9. The van der Waals surface area contributed by atoms with Gasteiger partial charge in [0.2, 0.25) is 5.95 Å². The molecule has 1 aromatic heterocycles. The molecule has 3 heterocycles. The number of imidazole rings is 1. The van der Waals surface area contributed by atoms with E-state index < -0.39 is 0 Å². The topological polar surface area (TPSA) is 68.2 Å². The van der Waals surface area contributed by atoms with E-state index in [9.17, 15) is 0 Å². The quantitative estimate of drug-likeness (QED) is 0.847. The Bertz CT molecular complexity index is 718. The Morgan fingerprint density at radius 3 is 3.14 bits per heavy atom. The van der Waals surface area contributed by atoms with Crippen molar-refractivity contribution in [2.75, 3.05) is 31.6 Å². The molecule has 0 spiro atoms. The van der Waals surface area contributed by atoms with Crippen LogP contribution in [-0.4, -0.2) is 47.7 Å². The lowest BCUT2D eigenvalue weighted by Gasteiger charge is -2.22. The number of nitriles is 1. The van der Waals surface area contributed by atoms with Crippen LogP contribution in [0.1, 0.15) is 6.42 Å². The number of aromatic nitrogens is 2. The number of nitrogens with one attached hydrogen (secondary N) is 1. The second-order valence-corrected chi connectivity index (χ2v) is 5.76. The molecular weight excluding hydrogens is 266 g/mol. The number of hydrogen-bond donors (Lipinski definition) is 1. The summed E-state index contributed by atoms with van der Waals surface area (Å²) in [5.41, 5.74) is 1.94. The van der Waals surface area contributed by atoms with E-state index in [0.29, 0.717) is 12.0 Å². The van der Waals surface area contributed by atoms with Gasteiger partial charge in [0.1, 0.15) is 5.75 Å². The number of likely N-dealkylation sites (tertiary alicyclic amines) is 1. The average Bonchev–Trinajstić information content (AvgIpc) is 3.18. The molecule has 21 heavy (non-hydrogen) atoms. The lowest BCUT2D eigenvalue weighted by atomic mass is 10.1. The molecule has 1 aromatic carbocycles. The molecule has 6 nitrogen and oxygen atoms in total. The molecule has 4 rings (SSSR count). The fraction of sp³-hybridized carbons (Fsp3) is 0.467. The first-order valence-electron chi connectivity index (χ1n) is 7.23. The van der Waals surface area contributed by atoms with Crippen molar-refractivity contribution in [1.82, 2.24) is 14.9 Å². The molecule has 1 N–H and O–H groups in total. The van der Waals surface area contributed by atoms with Crippen LogP contribution in [0.2, 0.25) is 0 Å². The number of hydrogen-bond acceptors (Lipinski definition) is 5. The number of rotatable bonds is 2. The molecular formula is C15H17N5O. The van der Waals surface area contributed by atoms with Gasteiger partial charge in [0.05, 0.1) is 24.2 Å². The zero-order valence-electron chi connectivity index (χ0n) is 11.9. The van der Waals surface area contributed by atoms with Crippen LogP contribution in [-0.2, 0) is 0 Å². The first kappa shape index (κ1) is 12.3. The minimum atomic E-state index is 0.395. The number of benzene rings is 1. The van der Waals surface area contributed by atoms with Gasteiger partial charge in [-0.1, -0.05) is 0 Å². The largest absolute Gasteiger partial charge is 0.497 e. The predicted molar refractivity (Wildman–Crippen MR) is 79.1 cm³/mol. The van der Waals surface area contributed by atoms with Gasteiger partial charge in [0.25, 0.3) is 0 Å². The second-order valence-electron chi connectivity index (χ2n) is 5.76. The van der Waals surface area contributed by atoms with Gasteiger partial charge in [-0.05, 0) is 18.6 Å². The summed E-state index contributed by atoms with van der Waals surface area (Å²) in [5.74, 6) is 2.31. The van der Waals surface area contributed by atoms with Crippen molar-refractivity contribution >= 4 is 17.0 Å². The maximum absolute atomic E-state index is 9.07. The second kappa shape index (κ2) is 4.55. The van der Waals surface area contributed by atoms with E-state index in [4.69, 9.17) is 15.0 Å². The molecule has 108 valence electrons. The molecule has 2 aliphatic rings. The van der Waals surface area contributed by atoms with Crippen molar-refractivity contribution in [2.24, 2.45) is 5.92 Å². The van der Waals surface area contributed by atoms with E-state index in [1.54, 1.807) is 7.11 Å². The van der Waals surface area contributed by atoms with Crippen LogP contribution in [0.15, 0.2) is 18.2 Å². The Morgan fingerprint density at radius 2 is 2.33 bits per heavy atom. The molecule has 0 amide bonds. The summed E-state index contributed by atoms with van der Waals surface area (Å²) in [6.45, 7) is 2.69. The van der Waals surface area contributed by atoms with Crippen LogP contribution >= 0.6 is 0 Å². The lowest BCUT2D eigenvalue weighted by molar-refractivity contribution is 0.415. The van der Waals surface area contributed by atoms with Gasteiger partial charge in [-0.3, -0.25) is 0 Å². The monoisotopic (exact) mass is 283 g/mol. The highest BCUT2D eigenvalue weighted by Crippen LogP contribution is 2.34. The van der Waals surface area contributed by atoms with E-state index in [1.807, 2.05) is 23.1 Å². The average molecular weight is 283 g/mol. The summed E-state index contributed by atoms with van der Waals surface area (Å²) in [6.07, 6.45) is 3.39. The van der Waals surface area contributed by atoms with Crippen molar-refractivity contribution < 1.29 is 4.74 Å². The van der Waals surface area contributed by atoms with E-state index in [-0.39, 0.29) is 0 Å². The van der Waals surface area contributed by atoms with E-state index in [2.05, 4.69) is 16.1 Å². The summed E-state index contributed by atoms with van der Waals surface area (Å²) in [7, 11) is 1.67. The third-order valence-electron chi connectivity index (χ3n) is 4.64. The summed E-state index contributed by atoms with van der Waals surface area (Å²) in [5, 5.41) is 9.07. The van der Waals surface area contributed by atoms with Crippen molar-refractivity contribution in [3.63, 3.8) is 0 Å². The van der Waals surface area contributed by atoms with Gasteiger partial charge in [0, 0.05) is 31.6 Å². The minimum Gasteiger partial charge on any atom is -0.497 e. The number of aromatic amines is 1. The van der Waals surface area contributed by atoms with Crippen LogP contribution in [0, 0.1) is 17.4 Å². The Balaban J connectivity index is 1.66. The highest BCUT2D eigenvalue weighted by molar-refractivity contribution is 5.79. The molecule has 0 aliphatic carbocycles. The van der Waals surface area contributed by atoms with E-state index in [1.165, 1.54) is 0 Å². The molecule has 0 bridgehead atoms. The molecule has 2 aliphatic heterocycles. The van der Waals surface area contributed by atoms with Crippen LogP contribution in [0.3, 0.4) is 0 Å². The fourth-order valence-electron chi connectivity index (χ4n) is 3.54. The third kappa shape index (κ3) is 1.88. The van der Waals surface area contributed by atoms with Gasteiger partial charge in [0.15, 0.2) is 6.19 Å². The minimum absolute atomic E-state index is 0.395. The number of methoxy groups -OCH3 is 1. The molecule has 0 radical (unpaired) electrons. The summed E-state index contributed by atoms with van der Waals surface area (Å²) in [6, 6.07) is 6.26. The summed E-state index contributed by atoms with van der Waals surface area (Å²) in [4.78, 5) is 12.3. The van der Waals surface area contributed by atoms with Crippen molar-refractivity contribution in [2.45, 2.75) is 12.5 Å². The maximum atomic E-state index is 9.07. The smallest absolute Gasteiger partial charge is 0.204 e. The van der Waals surface area contributed by atoms with Crippen LogP contribution < -0.4 is 9.64 Å². The number of nitrogens with zero attached hydrogens (tertiary/aromatic N) is 4. The van der Waals surface area contributed by atoms with E-state index in [0.717, 1.165) is 48.8 Å². The van der Waals surface area contributed by atoms with Crippen molar-refractivity contribution in [1.29, 1.82) is 5.26 Å². The first-order chi connectivity index (χ1) is 10.3. The number of fused-ring (bicyclic) bond motifs is 2. The molecule has 2 fully saturated rings. The molecule has 2 unspecified atom stereocenters. The highest BCUT2D eigenvalue weighted by Gasteiger charge is 2.42. The SMILES string of the molecule is COc1ccc2nc(N3CCC4CN(C#N)CC43)[nH]c2c1.